The van der Waals surface area contributed by atoms with E-state index in [0.717, 1.165) is 43.9 Å². The van der Waals surface area contributed by atoms with E-state index in [9.17, 15) is 4.79 Å². The Morgan fingerprint density at radius 1 is 1.19 bits per heavy atom. The van der Waals surface area contributed by atoms with E-state index in [4.69, 9.17) is 10.5 Å². The number of ether oxygens (including phenoxy) is 1. The molecule has 1 aromatic carbocycles. The van der Waals surface area contributed by atoms with Crippen molar-refractivity contribution >= 4 is 5.91 Å². The molecule has 0 spiro atoms. The Bertz CT molecular complexity index is 683. The van der Waals surface area contributed by atoms with Crippen molar-refractivity contribution in [1.29, 1.82) is 0 Å². The van der Waals surface area contributed by atoms with E-state index in [0.29, 0.717) is 18.7 Å². The van der Waals surface area contributed by atoms with Crippen LogP contribution in [0.2, 0.25) is 0 Å². The van der Waals surface area contributed by atoms with Crippen LogP contribution in [0.4, 0.5) is 0 Å². The maximum absolute atomic E-state index is 11.9. The van der Waals surface area contributed by atoms with Gasteiger partial charge in [0.25, 0.3) is 5.91 Å². The van der Waals surface area contributed by atoms with Gasteiger partial charge in [-0.1, -0.05) is 6.07 Å². The minimum Gasteiger partial charge on any atom is -0.490 e. The minimum atomic E-state index is -0.107. The smallest absolute Gasteiger partial charge is 0.251 e. The number of nitrogens with two attached hydrogens (primary N) is 1. The summed E-state index contributed by atoms with van der Waals surface area (Å²) in [6.45, 7) is 3.81. The summed E-state index contributed by atoms with van der Waals surface area (Å²) in [5.41, 5.74) is 7.12. The van der Waals surface area contributed by atoms with Gasteiger partial charge < -0.3 is 15.8 Å². The zero-order valence-electron chi connectivity index (χ0n) is 14.9. The average Bonchev–Trinajstić information content (AvgIpc) is 2.69. The second-order valence-electron chi connectivity index (χ2n) is 6.48. The average molecular weight is 354 g/mol. The SMILES string of the molecule is NCCNC(=O)c1ccc(OC2CCN(Cc3ccccn3)CC2)cc1. The Morgan fingerprint density at radius 2 is 1.96 bits per heavy atom. The van der Waals surface area contributed by atoms with Crippen molar-refractivity contribution in [2.75, 3.05) is 26.2 Å². The van der Waals surface area contributed by atoms with Gasteiger partial charge in [-0.2, -0.15) is 0 Å². The highest BCUT2D eigenvalue weighted by atomic mass is 16.5. The molecule has 6 heteroatoms. The summed E-state index contributed by atoms with van der Waals surface area (Å²) in [6.07, 6.45) is 4.04. The Hall–Kier alpha value is -2.44. The summed E-state index contributed by atoms with van der Waals surface area (Å²) < 4.78 is 6.08. The van der Waals surface area contributed by atoms with Gasteiger partial charge in [-0.25, -0.2) is 0 Å². The maximum atomic E-state index is 11.9. The summed E-state index contributed by atoms with van der Waals surface area (Å²) in [4.78, 5) is 18.7. The molecule has 0 bridgehead atoms. The Balaban J connectivity index is 1.45. The quantitative estimate of drug-likeness (QED) is 0.793. The number of rotatable bonds is 7. The van der Waals surface area contributed by atoms with Crippen LogP contribution in [0.15, 0.2) is 48.7 Å². The van der Waals surface area contributed by atoms with Crippen LogP contribution < -0.4 is 15.8 Å². The molecule has 1 aromatic heterocycles. The highest BCUT2D eigenvalue weighted by Gasteiger charge is 2.21. The fourth-order valence-corrected chi connectivity index (χ4v) is 3.07. The first-order valence-corrected chi connectivity index (χ1v) is 9.12. The summed E-state index contributed by atoms with van der Waals surface area (Å²) in [5, 5.41) is 2.76. The van der Waals surface area contributed by atoms with Gasteiger partial charge in [0, 0.05) is 44.5 Å². The normalized spacial score (nSPS) is 15.6. The molecule has 1 fully saturated rings. The molecule has 2 aromatic rings. The molecule has 3 rings (SSSR count). The molecule has 0 unspecified atom stereocenters. The second-order valence-corrected chi connectivity index (χ2v) is 6.48. The lowest BCUT2D eigenvalue weighted by Gasteiger charge is -2.31. The molecule has 0 radical (unpaired) electrons. The lowest BCUT2D eigenvalue weighted by atomic mass is 10.1. The van der Waals surface area contributed by atoms with Crippen LogP contribution in [0.1, 0.15) is 28.9 Å². The molecule has 6 nitrogen and oxygen atoms in total. The van der Waals surface area contributed by atoms with Crippen molar-refractivity contribution < 1.29 is 9.53 Å². The van der Waals surface area contributed by atoms with Crippen LogP contribution in [0, 0.1) is 0 Å². The number of hydrogen-bond donors (Lipinski definition) is 2. The van der Waals surface area contributed by atoms with Crippen molar-refractivity contribution in [3.63, 3.8) is 0 Å². The number of hydrogen-bond acceptors (Lipinski definition) is 5. The van der Waals surface area contributed by atoms with Gasteiger partial charge in [-0.15, -0.1) is 0 Å². The molecule has 0 atom stereocenters. The fourth-order valence-electron chi connectivity index (χ4n) is 3.07. The minimum absolute atomic E-state index is 0.107. The van der Waals surface area contributed by atoms with Crippen molar-refractivity contribution in [2.45, 2.75) is 25.5 Å². The van der Waals surface area contributed by atoms with E-state index in [2.05, 4.69) is 21.3 Å². The molecule has 3 N–H and O–H groups in total. The van der Waals surface area contributed by atoms with Gasteiger partial charge in [0.2, 0.25) is 0 Å². The summed E-state index contributed by atoms with van der Waals surface area (Å²) in [5.74, 6) is 0.702. The van der Waals surface area contributed by atoms with Crippen LogP contribution in [-0.2, 0) is 6.54 Å². The summed E-state index contributed by atoms with van der Waals surface area (Å²) in [6, 6.07) is 13.3. The third-order valence-corrected chi connectivity index (χ3v) is 4.50. The van der Waals surface area contributed by atoms with Crippen molar-refractivity contribution in [3.8, 4) is 5.75 Å². The van der Waals surface area contributed by atoms with E-state index in [1.165, 1.54) is 0 Å². The molecule has 1 saturated heterocycles. The number of nitrogens with one attached hydrogen (secondary N) is 1. The predicted molar refractivity (Wildman–Crippen MR) is 101 cm³/mol. The first-order chi connectivity index (χ1) is 12.7. The van der Waals surface area contributed by atoms with E-state index >= 15 is 0 Å². The van der Waals surface area contributed by atoms with Crippen LogP contribution in [0.3, 0.4) is 0 Å². The summed E-state index contributed by atoms with van der Waals surface area (Å²) in [7, 11) is 0. The Morgan fingerprint density at radius 3 is 2.62 bits per heavy atom. The van der Waals surface area contributed by atoms with Gasteiger partial charge in [0.05, 0.1) is 5.69 Å². The monoisotopic (exact) mass is 354 g/mol. The topological polar surface area (TPSA) is 80.5 Å². The lowest BCUT2D eigenvalue weighted by Crippen LogP contribution is -2.37. The molecule has 0 aliphatic carbocycles. The van der Waals surface area contributed by atoms with E-state index < -0.39 is 0 Å². The first kappa shape index (κ1) is 18.4. The molecule has 138 valence electrons. The maximum Gasteiger partial charge on any atom is 0.251 e. The van der Waals surface area contributed by atoms with Gasteiger partial charge in [-0.05, 0) is 49.2 Å². The highest BCUT2D eigenvalue weighted by molar-refractivity contribution is 5.94. The lowest BCUT2D eigenvalue weighted by molar-refractivity contribution is 0.0950. The number of carbonyl (C=O) groups is 1. The number of likely N-dealkylation sites (tertiary alicyclic amines) is 1. The molecule has 0 saturated carbocycles. The largest absolute Gasteiger partial charge is 0.490 e. The number of nitrogens with zero attached hydrogens (tertiary/aromatic N) is 2. The van der Waals surface area contributed by atoms with Crippen LogP contribution in [0.5, 0.6) is 5.75 Å². The second kappa shape index (κ2) is 9.31. The number of amides is 1. The Labute approximate surface area is 154 Å². The van der Waals surface area contributed by atoms with Crippen LogP contribution in [0.25, 0.3) is 0 Å². The molecule has 2 heterocycles. The van der Waals surface area contributed by atoms with Crippen LogP contribution in [-0.4, -0.2) is 48.1 Å². The highest BCUT2D eigenvalue weighted by Crippen LogP contribution is 2.20. The molecule has 1 aliphatic heterocycles. The predicted octanol–water partition coefficient (Wildman–Crippen LogP) is 1.81. The fraction of sp³-hybridized carbons (Fsp3) is 0.400. The third kappa shape index (κ3) is 5.28. The van der Waals surface area contributed by atoms with E-state index in [1.54, 1.807) is 12.1 Å². The number of piperidine rings is 1. The molecule has 1 aliphatic rings. The van der Waals surface area contributed by atoms with Crippen LogP contribution >= 0.6 is 0 Å². The molecule has 1 amide bonds. The van der Waals surface area contributed by atoms with E-state index in [-0.39, 0.29) is 12.0 Å². The number of aromatic nitrogens is 1. The molecule has 26 heavy (non-hydrogen) atoms. The number of carbonyl (C=O) groups excluding carboxylic acids is 1. The zero-order valence-corrected chi connectivity index (χ0v) is 14.9. The third-order valence-electron chi connectivity index (χ3n) is 4.50. The van der Waals surface area contributed by atoms with Gasteiger partial charge in [0.15, 0.2) is 0 Å². The number of pyridine rings is 1. The Kier molecular flexibility index (Phi) is 6.57. The van der Waals surface area contributed by atoms with Crippen molar-refractivity contribution in [2.24, 2.45) is 5.73 Å². The zero-order chi connectivity index (χ0) is 18.2. The first-order valence-electron chi connectivity index (χ1n) is 9.12. The van der Waals surface area contributed by atoms with Gasteiger partial charge >= 0.3 is 0 Å². The van der Waals surface area contributed by atoms with Gasteiger partial charge in [0.1, 0.15) is 11.9 Å². The van der Waals surface area contributed by atoms with Crippen molar-refractivity contribution in [1.82, 2.24) is 15.2 Å². The van der Waals surface area contributed by atoms with E-state index in [1.807, 2.05) is 30.5 Å². The van der Waals surface area contributed by atoms with Gasteiger partial charge in [-0.3, -0.25) is 14.7 Å². The number of benzene rings is 1. The van der Waals surface area contributed by atoms with Crippen molar-refractivity contribution in [3.05, 3.63) is 59.9 Å². The standard InChI is InChI=1S/C20H26N4O2/c21-10-12-23-20(25)16-4-6-18(7-5-16)26-19-8-13-24(14-9-19)15-17-3-1-2-11-22-17/h1-7,11,19H,8-10,12-15,21H2,(H,23,25). The molecular formula is C20H26N4O2. The summed E-state index contributed by atoms with van der Waals surface area (Å²) >= 11 is 0. The molecular weight excluding hydrogens is 328 g/mol.